The van der Waals surface area contributed by atoms with Gasteiger partial charge in [-0.15, -0.1) is 0 Å². The fourth-order valence-corrected chi connectivity index (χ4v) is 2.33. The highest BCUT2D eigenvalue weighted by molar-refractivity contribution is 5.78. The van der Waals surface area contributed by atoms with E-state index in [4.69, 9.17) is 14.9 Å². The molecule has 0 radical (unpaired) electrons. The Morgan fingerprint density at radius 1 is 1.53 bits per heavy atom. The number of aryl methyl sites for hydroxylation is 1. The predicted molar refractivity (Wildman–Crippen MR) is 66.6 cm³/mol. The maximum absolute atomic E-state index is 11.4. The number of nitrogens with two attached hydrogens (primary N) is 1. The van der Waals surface area contributed by atoms with Crippen LogP contribution in [-0.4, -0.2) is 29.3 Å². The van der Waals surface area contributed by atoms with Gasteiger partial charge in [0.25, 0.3) is 0 Å². The van der Waals surface area contributed by atoms with Gasteiger partial charge in [0.15, 0.2) is 11.5 Å². The molecule has 6 heteroatoms. The second-order valence-electron chi connectivity index (χ2n) is 4.89. The van der Waals surface area contributed by atoms with Crippen molar-refractivity contribution in [3.8, 4) is 0 Å². The van der Waals surface area contributed by atoms with Crippen LogP contribution in [0.4, 0.5) is 0 Å². The van der Waals surface area contributed by atoms with Crippen LogP contribution in [0.1, 0.15) is 17.5 Å². The summed E-state index contributed by atoms with van der Waals surface area (Å²) in [5, 5.41) is 9.34. The number of rotatable bonds is 3. The van der Waals surface area contributed by atoms with Gasteiger partial charge < -0.3 is 20.0 Å². The molecule has 3 rings (SSSR count). The summed E-state index contributed by atoms with van der Waals surface area (Å²) in [6.45, 7) is 2.04. The van der Waals surface area contributed by atoms with Crippen molar-refractivity contribution < 1.29 is 19.1 Å². The van der Waals surface area contributed by atoms with Crippen LogP contribution in [0.25, 0.3) is 11.1 Å². The molecule has 1 unspecified atom stereocenters. The minimum absolute atomic E-state index is 0.138. The lowest BCUT2D eigenvalue weighted by Crippen LogP contribution is -2.55. The second kappa shape index (κ2) is 4.04. The number of hydrogen-bond acceptors (Lipinski definition) is 5. The molecule has 2 heterocycles. The first-order valence-electron chi connectivity index (χ1n) is 5.97. The smallest absolute Gasteiger partial charge is 0.316 e. The van der Waals surface area contributed by atoms with Crippen molar-refractivity contribution >= 4 is 17.1 Å². The number of aliphatic carboxylic acids is 1. The summed E-state index contributed by atoms with van der Waals surface area (Å²) in [5.41, 5.74) is 7.16. The summed E-state index contributed by atoms with van der Waals surface area (Å²) in [7, 11) is 0. The molecule has 0 saturated carbocycles. The molecule has 1 aliphatic rings. The summed E-state index contributed by atoms with van der Waals surface area (Å²) in [5.74, 6) is -0.358. The van der Waals surface area contributed by atoms with Crippen molar-refractivity contribution in [3.63, 3.8) is 0 Å². The van der Waals surface area contributed by atoms with E-state index in [9.17, 15) is 9.90 Å². The lowest BCUT2D eigenvalue weighted by atomic mass is 9.75. The van der Waals surface area contributed by atoms with Gasteiger partial charge in [0, 0.05) is 6.92 Å². The van der Waals surface area contributed by atoms with Crippen molar-refractivity contribution in [2.24, 2.45) is 11.1 Å². The van der Waals surface area contributed by atoms with Crippen LogP contribution in [0, 0.1) is 12.3 Å². The van der Waals surface area contributed by atoms with E-state index in [1.807, 2.05) is 0 Å². The Balaban J connectivity index is 2.01. The van der Waals surface area contributed by atoms with Gasteiger partial charge in [0.2, 0.25) is 0 Å². The van der Waals surface area contributed by atoms with E-state index in [-0.39, 0.29) is 13.2 Å². The minimum atomic E-state index is -1.04. The van der Waals surface area contributed by atoms with E-state index in [1.165, 1.54) is 0 Å². The van der Waals surface area contributed by atoms with E-state index in [0.717, 1.165) is 5.56 Å². The van der Waals surface area contributed by atoms with Gasteiger partial charge in [0.1, 0.15) is 10.9 Å². The molecule has 1 aromatic carbocycles. The number of carboxylic acid groups (broad SMARTS) is 1. The van der Waals surface area contributed by atoms with Gasteiger partial charge in [-0.05, 0) is 17.7 Å². The lowest BCUT2D eigenvalue weighted by molar-refractivity contribution is -0.184. The molecule has 2 aromatic rings. The lowest BCUT2D eigenvalue weighted by Gasteiger charge is -2.41. The van der Waals surface area contributed by atoms with E-state index in [1.54, 1.807) is 25.1 Å². The summed E-state index contributed by atoms with van der Waals surface area (Å²) < 4.78 is 10.4. The third-order valence-electron chi connectivity index (χ3n) is 3.62. The summed E-state index contributed by atoms with van der Waals surface area (Å²) in [4.78, 5) is 15.6. The Labute approximate surface area is 109 Å². The molecule has 1 aliphatic heterocycles. The average Bonchev–Trinajstić information content (AvgIpc) is 2.65. The van der Waals surface area contributed by atoms with Crippen molar-refractivity contribution in [1.82, 2.24) is 4.98 Å². The van der Waals surface area contributed by atoms with Crippen LogP contribution in [-0.2, 0) is 9.53 Å². The molecule has 0 bridgehead atoms. The van der Waals surface area contributed by atoms with Gasteiger partial charge in [0.05, 0.1) is 19.3 Å². The van der Waals surface area contributed by atoms with Crippen LogP contribution in [0.15, 0.2) is 22.6 Å². The zero-order valence-corrected chi connectivity index (χ0v) is 10.4. The Morgan fingerprint density at radius 2 is 2.26 bits per heavy atom. The van der Waals surface area contributed by atoms with Crippen molar-refractivity contribution in [2.45, 2.75) is 13.0 Å². The number of hydrogen-bond donors (Lipinski definition) is 2. The molecule has 1 saturated heterocycles. The van der Waals surface area contributed by atoms with Gasteiger partial charge in [-0.2, -0.15) is 0 Å². The summed E-state index contributed by atoms with van der Waals surface area (Å²) in [6.07, 6.45) is 0. The number of ether oxygens (including phenoxy) is 1. The SMILES string of the molecule is Cc1nc2cc(C(N)C3(C(=O)O)COC3)ccc2o1. The molecule has 0 amide bonds. The first-order valence-corrected chi connectivity index (χ1v) is 5.97. The number of oxazole rings is 1. The van der Waals surface area contributed by atoms with E-state index < -0.39 is 17.4 Å². The monoisotopic (exact) mass is 262 g/mol. The van der Waals surface area contributed by atoms with Gasteiger partial charge >= 0.3 is 5.97 Å². The van der Waals surface area contributed by atoms with Crippen LogP contribution >= 0.6 is 0 Å². The molecule has 1 atom stereocenters. The molecule has 3 N–H and O–H groups in total. The second-order valence-corrected chi connectivity index (χ2v) is 4.89. The maximum atomic E-state index is 11.4. The molecule has 0 spiro atoms. The first-order chi connectivity index (χ1) is 9.03. The molecule has 1 aromatic heterocycles. The maximum Gasteiger partial charge on any atom is 0.316 e. The third-order valence-corrected chi connectivity index (χ3v) is 3.62. The standard InChI is InChI=1S/C13H14N2O4/c1-7-15-9-4-8(2-3-10(9)19-7)11(14)13(12(16)17)5-18-6-13/h2-4,11H,5-6,14H2,1H3,(H,16,17). The molecule has 1 fully saturated rings. The van der Waals surface area contributed by atoms with Crippen LogP contribution in [0.2, 0.25) is 0 Å². The fourth-order valence-electron chi connectivity index (χ4n) is 2.33. The Morgan fingerprint density at radius 3 is 2.84 bits per heavy atom. The highest BCUT2D eigenvalue weighted by Crippen LogP contribution is 2.39. The van der Waals surface area contributed by atoms with Crippen LogP contribution in [0.5, 0.6) is 0 Å². The topological polar surface area (TPSA) is 98.6 Å². The Bertz CT molecular complexity index is 645. The number of carboxylic acids is 1. The zero-order valence-electron chi connectivity index (χ0n) is 10.4. The van der Waals surface area contributed by atoms with E-state index in [2.05, 4.69) is 4.98 Å². The van der Waals surface area contributed by atoms with E-state index >= 15 is 0 Å². The van der Waals surface area contributed by atoms with Crippen LogP contribution in [0.3, 0.4) is 0 Å². The molecular formula is C13H14N2O4. The van der Waals surface area contributed by atoms with Gasteiger partial charge in [-0.25, -0.2) is 4.98 Å². The number of aromatic nitrogens is 1. The summed E-state index contributed by atoms with van der Waals surface area (Å²) in [6, 6.07) is 4.69. The van der Waals surface area contributed by atoms with E-state index in [0.29, 0.717) is 17.0 Å². The number of carbonyl (C=O) groups is 1. The van der Waals surface area contributed by atoms with Crippen molar-refractivity contribution in [2.75, 3.05) is 13.2 Å². The fraction of sp³-hybridized carbons (Fsp3) is 0.385. The normalized spacial score (nSPS) is 19.1. The highest BCUT2D eigenvalue weighted by atomic mass is 16.5. The predicted octanol–water partition coefficient (Wildman–Crippen LogP) is 1.24. The largest absolute Gasteiger partial charge is 0.481 e. The number of benzene rings is 1. The van der Waals surface area contributed by atoms with Crippen molar-refractivity contribution in [1.29, 1.82) is 0 Å². The van der Waals surface area contributed by atoms with Crippen molar-refractivity contribution in [3.05, 3.63) is 29.7 Å². The highest BCUT2D eigenvalue weighted by Gasteiger charge is 2.51. The van der Waals surface area contributed by atoms with Crippen LogP contribution < -0.4 is 5.73 Å². The quantitative estimate of drug-likeness (QED) is 0.863. The van der Waals surface area contributed by atoms with Gasteiger partial charge in [-0.3, -0.25) is 4.79 Å². The zero-order chi connectivity index (χ0) is 13.6. The Hall–Kier alpha value is -1.92. The minimum Gasteiger partial charge on any atom is -0.481 e. The molecule has 0 aliphatic carbocycles. The third kappa shape index (κ3) is 1.72. The molecule has 19 heavy (non-hydrogen) atoms. The average molecular weight is 262 g/mol. The van der Waals surface area contributed by atoms with Gasteiger partial charge in [-0.1, -0.05) is 6.07 Å². The molecular weight excluding hydrogens is 248 g/mol. The number of fused-ring (bicyclic) bond motifs is 1. The number of nitrogens with zero attached hydrogens (tertiary/aromatic N) is 1. The molecule has 100 valence electrons. The molecule has 6 nitrogen and oxygen atoms in total. The Kier molecular flexibility index (Phi) is 2.58. The first kappa shape index (κ1) is 12.1. The summed E-state index contributed by atoms with van der Waals surface area (Å²) >= 11 is 0.